The summed E-state index contributed by atoms with van der Waals surface area (Å²) in [7, 11) is 1.88. The van der Waals surface area contributed by atoms with Crippen LogP contribution in [0.4, 0.5) is 8.78 Å². The molecule has 5 nitrogen and oxygen atoms in total. The van der Waals surface area contributed by atoms with E-state index in [1.807, 2.05) is 7.05 Å². The first-order valence-corrected chi connectivity index (χ1v) is 8.41. The van der Waals surface area contributed by atoms with Gasteiger partial charge in [-0.2, -0.15) is 5.10 Å². The average molecular weight is 343 g/mol. The molecule has 1 aromatic carbocycles. The SMILES string of the molecule is Cn1nc([C@H]2CCCN(Cc3ccc(F)c(F)c3)C2)c2nccnc21. The van der Waals surface area contributed by atoms with Gasteiger partial charge in [-0.05, 0) is 37.1 Å². The first kappa shape index (κ1) is 16.1. The number of halogens is 2. The summed E-state index contributed by atoms with van der Waals surface area (Å²) in [6, 6.07) is 4.11. The van der Waals surface area contributed by atoms with Crippen molar-refractivity contribution in [1.82, 2.24) is 24.6 Å². The maximum Gasteiger partial charge on any atom is 0.176 e. The van der Waals surface area contributed by atoms with Crippen molar-refractivity contribution in [3.8, 4) is 0 Å². The molecule has 3 aromatic rings. The molecule has 1 aliphatic heterocycles. The minimum absolute atomic E-state index is 0.263. The molecule has 0 N–H and O–H groups in total. The van der Waals surface area contributed by atoms with Gasteiger partial charge in [0.05, 0.1) is 5.69 Å². The van der Waals surface area contributed by atoms with Crippen molar-refractivity contribution in [3.05, 3.63) is 53.5 Å². The van der Waals surface area contributed by atoms with Crippen molar-refractivity contribution in [2.45, 2.75) is 25.3 Å². The Bertz CT molecular complexity index is 908. The number of hydrogen-bond acceptors (Lipinski definition) is 4. The second-order valence-corrected chi connectivity index (χ2v) is 6.56. The lowest BCUT2D eigenvalue weighted by atomic mass is 9.94. The highest BCUT2D eigenvalue weighted by Crippen LogP contribution is 2.30. The lowest BCUT2D eigenvalue weighted by Crippen LogP contribution is -2.34. The summed E-state index contributed by atoms with van der Waals surface area (Å²) in [6.07, 6.45) is 5.43. The van der Waals surface area contributed by atoms with E-state index in [0.717, 1.165) is 48.4 Å². The number of piperidine rings is 1. The van der Waals surface area contributed by atoms with Gasteiger partial charge in [0.2, 0.25) is 0 Å². The van der Waals surface area contributed by atoms with E-state index < -0.39 is 11.6 Å². The predicted molar refractivity (Wildman–Crippen MR) is 89.9 cm³/mol. The highest BCUT2D eigenvalue weighted by Gasteiger charge is 2.26. The van der Waals surface area contributed by atoms with Crippen LogP contribution in [0.1, 0.15) is 30.0 Å². The Labute approximate surface area is 144 Å². The van der Waals surface area contributed by atoms with Gasteiger partial charge in [0.1, 0.15) is 5.52 Å². The summed E-state index contributed by atoms with van der Waals surface area (Å²) in [5.74, 6) is -1.34. The Morgan fingerprint density at radius 3 is 2.84 bits per heavy atom. The number of fused-ring (bicyclic) bond motifs is 1. The van der Waals surface area contributed by atoms with Crippen LogP contribution in [-0.4, -0.2) is 37.7 Å². The number of likely N-dealkylation sites (tertiary alicyclic amines) is 1. The number of nitrogens with zero attached hydrogens (tertiary/aromatic N) is 5. The molecule has 0 radical (unpaired) electrons. The van der Waals surface area contributed by atoms with Crippen molar-refractivity contribution in [2.75, 3.05) is 13.1 Å². The molecule has 1 fully saturated rings. The van der Waals surface area contributed by atoms with Gasteiger partial charge >= 0.3 is 0 Å². The Kier molecular flexibility index (Phi) is 4.17. The third kappa shape index (κ3) is 3.11. The van der Waals surface area contributed by atoms with Crippen molar-refractivity contribution in [1.29, 1.82) is 0 Å². The smallest absolute Gasteiger partial charge is 0.176 e. The molecule has 25 heavy (non-hydrogen) atoms. The summed E-state index contributed by atoms with van der Waals surface area (Å²) < 4.78 is 28.3. The molecule has 0 unspecified atom stereocenters. The normalized spacial score (nSPS) is 18.8. The van der Waals surface area contributed by atoms with Crippen LogP contribution >= 0.6 is 0 Å². The summed E-state index contributed by atoms with van der Waals surface area (Å²) >= 11 is 0. The van der Waals surface area contributed by atoms with Gasteiger partial charge < -0.3 is 0 Å². The van der Waals surface area contributed by atoms with Crippen molar-refractivity contribution >= 4 is 11.2 Å². The van der Waals surface area contributed by atoms with Crippen molar-refractivity contribution in [3.63, 3.8) is 0 Å². The van der Waals surface area contributed by atoms with Gasteiger partial charge in [-0.1, -0.05) is 6.07 Å². The molecule has 2 aromatic heterocycles. The molecule has 4 rings (SSSR count). The van der Waals surface area contributed by atoms with E-state index in [1.54, 1.807) is 23.1 Å². The van der Waals surface area contributed by atoms with Crippen LogP contribution in [0.15, 0.2) is 30.6 Å². The van der Waals surface area contributed by atoms with Gasteiger partial charge in [-0.3, -0.25) is 4.90 Å². The fraction of sp³-hybridized carbons (Fsp3) is 0.389. The molecule has 0 aliphatic carbocycles. The highest BCUT2D eigenvalue weighted by atomic mass is 19.2. The van der Waals surface area contributed by atoms with E-state index in [9.17, 15) is 8.78 Å². The van der Waals surface area contributed by atoms with E-state index in [-0.39, 0.29) is 5.92 Å². The third-order valence-corrected chi connectivity index (χ3v) is 4.77. The van der Waals surface area contributed by atoms with Gasteiger partial charge in [0.25, 0.3) is 0 Å². The van der Waals surface area contributed by atoms with Crippen LogP contribution in [0.3, 0.4) is 0 Å². The zero-order valence-electron chi connectivity index (χ0n) is 14.0. The molecule has 1 atom stereocenters. The fourth-order valence-corrected chi connectivity index (χ4v) is 3.60. The van der Waals surface area contributed by atoms with Crippen LogP contribution < -0.4 is 0 Å². The predicted octanol–water partition coefficient (Wildman–Crippen LogP) is 3.02. The highest BCUT2D eigenvalue weighted by molar-refractivity contribution is 5.73. The Hall–Kier alpha value is -2.41. The first-order valence-electron chi connectivity index (χ1n) is 8.41. The Morgan fingerprint density at radius 2 is 2.00 bits per heavy atom. The molecule has 3 heterocycles. The zero-order valence-corrected chi connectivity index (χ0v) is 14.0. The number of hydrogen-bond donors (Lipinski definition) is 0. The number of rotatable bonds is 3. The standard InChI is InChI=1S/C18H19F2N5/c1-24-18-17(21-6-7-22-18)16(23-24)13-3-2-8-25(11-13)10-12-4-5-14(19)15(20)9-12/h4-7,9,13H,2-3,8,10-11H2,1H3/t13-/m0/s1. The molecule has 1 aliphatic rings. The lowest BCUT2D eigenvalue weighted by Gasteiger charge is -2.32. The fourth-order valence-electron chi connectivity index (χ4n) is 3.60. The van der Waals surface area contributed by atoms with Gasteiger partial charge in [0.15, 0.2) is 17.3 Å². The molecule has 0 bridgehead atoms. The van der Waals surface area contributed by atoms with Gasteiger partial charge in [-0.15, -0.1) is 0 Å². The average Bonchev–Trinajstić information content (AvgIpc) is 2.96. The van der Waals surface area contributed by atoms with Crippen LogP contribution in [0.25, 0.3) is 11.2 Å². The Morgan fingerprint density at radius 1 is 1.16 bits per heavy atom. The molecule has 1 saturated heterocycles. The lowest BCUT2D eigenvalue weighted by molar-refractivity contribution is 0.198. The van der Waals surface area contributed by atoms with Crippen molar-refractivity contribution < 1.29 is 8.78 Å². The molecule has 7 heteroatoms. The second-order valence-electron chi connectivity index (χ2n) is 6.56. The van der Waals surface area contributed by atoms with E-state index in [1.165, 1.54) is 12.1 Å². The van der Waals surface area contributed by atoms with Crippen LogP contribution in [0.2, 0.25) is 0 Å². The largest absolute Gasteiger partial charge is 0.298 e. The van der Waals surface area contributed by atoms with E-state index in [0.29, 0.717) is 6.54 Å². The van der Waals surface area contributed by atoms with Crippen molar-refractivity contribution in [2.24, 2.45) is 7.05 Å². The molecule has 0 saturated carbocycles. The Balaban J connectivity index is 1.55. The molecular weight excluding hydrogens is 324 g/mol. The molecule has 0 amide bonds. The maximum absolute atomic E-state index is 13.4. The second kappa shape index (κ2) is 6.48. The summed E-state index contributed by atoms with van der Waals surface area (Å²) in [4.78, 5) is 11.1. The topological polar surface area (TPSA) is 46.8 Å². The van der Waals surface area contributed by atoms with Crippen LogP contribution in [0, 0.1) is 11.6 Å². The maximum atomic E-state index is 13.4. The molecule has 130 valence electrons. The van der Waals surface area contributed by atoms with Gasteiger partial charge in [-0.25, -0.2) is 23.4 Å². The van der Waals surface area contributed by atoms with E-state index in [4.69, 9.17) is 0 Å². The van der Waals surface area contributed by atoms with E-state index in [2.05, 4.69) is 20.0 Å². The number of aromatic nitrogens is 4. The summed E-state index contributed by atoms with van der Waals surface area (Å²) in [5.41, 5.74) is 3.39. The zero-order chi connectivity index (χ0) is 17.4. The quantitative estimate of drug-likeness (QED) is 0.733. The molecular formula is C18H19F2N5. The minimum Gasteiger partial charge on any atom is -0.298 e. The van der Waals surface area contributed by atoms with Crippen LogP contribution in [0.5, 0.6) is 0 Å². The monoisotopic (exact) mass is 343 g/mol. The summed E-state index contributed by atoms with van der Waals surface area (Å²) in [6.45, 7) is 2.36. The molecule has 0 spiro atoms. The summed E-state index contributed by atoms with van der Waals surface area (Å²) in [5, 5.41) is 4.64. The minimum atomic E-state index is -0.807. The third-order valence-electron chi connectivity index (χ3n) is 4.77. The number of aryl methyl sites for hydroxylation is 1. The van der Waals surface area contributed by atoms with Gasteiger partial charge in [0, 0.05) is 38.4 Å². The van der Waals surface area contributed by atoms with Crippen LogP contribution in [-0.2, 0) is 13.6 Å². The first-order chi connectivity index (χ1) is 12.1. The number of benzene rings is 1. The van der Waals surface area contributed by atoms with E-state index >= 15 is 0 Å².